The minimum Gasteiger partial charge on any atom is -0.493 e. The molecule has 0 radical (unpaired) electrons. The third kappa shape index (κ3) is 5.54. The highest BCUT2D eigenvalue weighted by Crippen LogP contribution is 2.39. The smallest absolute Gasteiger partial charge is 0.293 e. The Balaban J connectivity index is 1.53. The second-order valence-electron chi connectivity index (χ2n) is 7.31. The van der Waals surface area contributed by atoms with Crippen molar-refractivity contribution in [1.82, 2.24) is 4.90 Å². The number of ether oxygens (including phenoxy) is 2. The van der Waals surface area contributed by atoms with Crippen LogP contribution < -0.4 is 9.47 Å². The summed E-state index contributed by atoms with van der Waals surface area (Å²) >= 11 is 7.74. The molecule has 1 saturated heterocycles. The first-order chi connectivity index (χ1) is 16.4. The summed E-state index contributed by atoms with van der Waals surface area (Å²) in [5.74, 6) is 0.110. The van der Waals surface area contributed by atoms with E-state index in [2.05, 4.69) is 31.9 Å². The van der Waals surface area contributed by atoms with Gasteiger partial charge in [0.2, 0.25) is 0 Å². The van der Waals surface area contributed by atoms with Gasteiger partial charge in [-0.2, -0.15) is 0 Å². The Hall–Kier alpha value is -2.62. The summed E-state index contributed by atoms with van der Waals surface area (Å²) < 4.78 is 26.7. The fourth-order valence-corrected chi connectivity index (χ4v) is 4.97. The van der Waals surface area contributed by atoms with Crippen molar-refractivity contribution in [3.8, 4) is 11.5 Å². The van der Waals surface area contributed by atoms with Crippen LogP contribution in [0.15, 0.2) is 74.5 Å². The molecule has 1 aliphatic rings. The van der Waals surface area contributed by atoms with Gasteiger partial charge in [0.05, 0.1) is 23.0 Å². The summed E-state index contributed by atoms with van der Waals surface area (Å²) in [5.41, 5.74) is 1.92. The van der Waals surface area contributed by atoms with Crippen molar-refractivity contribution in [3.63, 3.8) is 0 Å². The number of hydrogen-bond donors (Lipinski definition) is 0. The highest BCUT2D eigenvalue weighted by Gasteiger charge is 2.35. The molecule has 0 unspecified atom stereocenters. The van der Waals surface area contributed by atoms with E-state index in [9.17, 15) is 14.0 Å². The van der Waals surface area contributed by atoms with Crippen LogP contribution in [0, 0.1) is 5.82 Å². The fraction of sp³-hybridized carbons (Fsp3) is 0.120. The molecule has 4 rings (SSSR count). The minimum absolute atomic E-state index is 0.0237. The van der Waals surface area contributed by atoms with Crippen molar-refractivity contribution in [2.75, 3.05) is 7.11 Å². The van der Waals surface area contributed by atoms with E-state index in [1.54, 1.807) is 36.4 Å². The van der Waals surface area contributed by atoms with Gasteiger partial charge in [0.25, 0.3) is 11.1 Å². The number of thioether (sulfide) groups is 1. The fourth-order valence-electron chi connectivity index (χ4n) is 3.29. The van der Waals surface area contributed by atoms with Gasteiger partial charge in [-0.05, 0) is 75.2 Å². The van der Waals surface area contributed by atoms with Crippen molar-refractivity contribution < 1.29 is 23.5 Å². The molecule has 0 spiro atoms. The average Bonchev–Trinajstić information content (AvgIpc) is 3.07. The predicted octanol–water partition coefficient (Wildman–Crippen LogP) is 7.17. The van der Waals surface area contributed by atoms with Crippen LogP contribution >= 0.6 is 43.6 Å². The van der Waals surface area contributed by atoms with Crippen LogP contribution in [0.2, 0.25) is 0 Å². The van der Waals surface area contributed by atoms with Crippen molar-refractivity contribution in [2.45, 2.75) is 13.2 Å². The molecule has 0 atom stereocenters. The van der Waals surface area contributed by atoms with Crippen LogP contribution in [0.4, 0.5) is 9.18 Å². The molecule has 0 saturated carbocycles. The number of benzene rings is 3. The highest BCUT2D eigenvalue weighted by atomic mass is 79.9. The number of nitrogens with zero attached hydrogens (tertiary/aromatic N) is 1. The van der Waals surface area contributed by atoms with Crippen LogP contribution in [0.25, 0.3) is 6.08 Å². The summed E-state index contributed by atoms with van der Waals surface area (Å²) in [6.45, 7) is 0.223. The molecule has 9 heteroatoms. The standard InChI is InChI=1S/C25H18Br2FNO4S/c1-32-21-11-16(10-19(27)23(21)33-14-17-4-2-3-5-20(17)28)12-22-24(30)29(25(31)34-22)13-15-6-8-18(26)9-7-15/h2-12H,13-14H2,1H3/b22-12-. The largest absolute Gasteiger partial charge is 0.493 e. The van der Waals surface area contributed by atoms with Gasteiger partial charge in [-0.3, -0.25) is 14.5 Å². The molecular weight excluding hydrogens is 589 g/mol. The van der Waals surface area contributed by atoms with Crippen LogP contribution in [-0.4, -0.2) is 23.2 Å². The maximum absolute atomic E-state index is 13.9. The number of carbonyl (C=O) groups is 2. The maximum Gasteiger partial charge on any atom is 0.293 e. The number of rotatable bonds is 7. The van der Waals surface area contributed by atoms with Crippen LogP contribution in [0.1, 0.15) is 16.7 Å². The monoisotopic (exact) mass is 605 g/mol. The van der Waals surface area contributed by atoms with E-state index in [1.165, 1.54) is 18.1 Å². The first kappa shape index (κ1) is 24.5. The second kappa shape index (κ2) is 10.8. The average molecular weight is 607 g/mol. The molecule has 3 aromatic carbocycles. The Bertz CT molecular complexity index is 1280. The molecule has 5 nitrogen and oxygen atoms in total. The van der Waals surface area contributed by atoms with Crippen LogP contribution in [0.3, 0.4) is 0 Å². The lowest BCUT2D eigenvalue weighted by molar-refractivity contribution is -0.123. The number of carbonyl (C=O) groups excluding carboxylic acids is 2. The summed E-state index contributed by atoms with van der Waals surface area (Å²) in [4.78, 5) is 26.9. The molecule has 2 amide bonds. The zero-order chi connectivity index (χ0) is 24.2. The molecule has 174 valence electrons. The Kier molecular flexibility index (Phi) is 7.75. The molecule has 1 heterocycles. The zero-order valence-corrected chi connectivity index (χ0v) is 21.9. The summed E-state index contributed by atoms with van der Waals surface area (Å²) in [6.07, 6.45) is 1.64. The lowest BCUT2D eigenvalue weighted by Gasteiger charge is -2.14. The van der Waals surface area contributed by atoms with Gasteiger partial charge in [0.1, 0.15) is 12.4 Å². The van der Waals surface area contributed by atoms with Gasteiger partial charge in [0, 0.05) is 10.0 Å². The van der Waals surface area contributed by atoms with Gasteiger partial charge in [-0.25, -0.2) is 4.39 Å². The Labute approximate surface area is 217 Å². The van der Waals surface area contributed by atoms with Crippen molar-refractivity contribution in [3.05, 3.63) is 97.0 Å². The molecule has 0 aromatic heterocycles. The van der Waals surface area contributed by atoms with Crippen molar-refractivity contribution in [2.24, 2.45) is 0 Å². The third-order valence-electron chi connectivity index (χ3n) is 5.01. The van der Waals surface area contributed by atoms with E-state index < -0.39 is 0 Å². The van der Waals surface area contributed by atoms with Gasteiger partial charge < -0.3 is 9.47 Å². The first-order valence-electron chi connectivity index (χ1n) is 10.1. The number of amides is 2. The topological polar surface area (TPSA) is 55.8 Å². The lowest BCUT2D eigenvalue weighted by Crippen LogP contribution is -2.27. The van der Waals surface area contributed by atoms with E-state index in [0.717, 1.165) is 21.8 Å². The first-order valence-corrected chi connectivity index (χ1v) is 12.5. The van der Waals surface area contributed by atoms with Gasteiger partial charge in [-0.1, -0.05) is 46.3 Å². The molecule has 34 heavy (non-hydrogen) atoms. The quantitative estimate of drug-likeness (QED) is 0.267. The number of hydrogen-bond acceptors (Lipinski definition) is 5. The third-order valence-corrected chi connectivity index (χ3v) is 7.03. The van der Waals surface area contributed by atoms with E-state index in [-0.39, 0.29) is 30.1 Å². The molecule has 1 aliphatic heterocycles. The number of methoxy groups -OCH3 is 1. The van der Waals surface area contributed by atoms with Crippen molar-refractivity contribution in [1.29, 1.82) is 0 Å². The summed E-state index contributed by atoms with van der Waals surface area (Å²) in [6, 6.07) is 17.3. The summed E-state index contributed by atoms with van der Waals surface area (Å²) in [7, 11) is 1.49. The van der Waals surface area contributed by atoms with Crippen LogP contribution in [0.5, 0.6) is 11.5 Å². The van der Waals surface area contributed by atoms with Crippen LogP contribution in [-0.2, 0) is 17.9 Å². The van der Waals surface area contributed by atoms with E-state index in [0.29, 0.717) is 32.0 Å². The van der Waals surface area contributed by atoms with Gasteiger partial charge in [-0.15, -0.1) is 0 Å². The Morgan fingerprint density at radius 2 is 1.79 bits per heavy atom. The highest BCUT2D eigenvalue weighted by molar-refractivity contribution is 9.10. The van der Waals surface area contributed by atoms with Gasteiger partial charge >= 0.3 is 0 Å². The maximum atomic E-state index is 13.9. The lowest BCUT2D eigenvalue weighted by atomic mass is 10.1. The number of imide groups is 1. The van der Waals surface area contributed by atoms with E-state index in [4.69, 9.17) is 9.47 Å². The predicted molar refractivity (Wildman–Crippen MR) is 137 cm³/mol. The molecule has 3 aromatic rings. The molecule has 0 bridgehead atoms. The zero-order valence-electron chi connectivity index (χ0n) is 17.9. The van der Waals surface area contributed by atoms with Crippen molar-refractivity contribution >= 4 is 60.8 Å². The van der Waals surface area contributed by atoms with Gasteiger partial charge in [0.15, 0.2) is 11.5 Å². The molecule has 0 aliphatic carbocycles. The summed E-state index contributed by atoms with van der Waals surface area (Å²) in [5, 5.41) is -0.324. The molecule has 1 fully saturated rings. The normalized spacial score (nSPS) is 14.7. The second-order valence-corrected chi connectivity index (χ2v) is 10.1. The molecular formula is C25H18Br2FNO4S. The molecule has 0 N–H and O–H groups in total. The number of halogens is 3. The Morgan fingerprint density at radius 3 is 2.50 bits per heavy atom. The van der Waals surface area contributed by atoms with E-state index in [1.807, 2.05) is 24.3 Å². The van der Waals surface area contributed by atoms with E-state index >= 15 is 0 Å². The Morgan fingerprint density at radius 1 is 1.06 bits per heavy atom. The minimum atomic E-state index is -0.354. The SMILES string of the molecule is COc1cc(/C=C2\SC(=O)N(Cc3ccc(Br)cc3)C2=O)cc(Br)c1OCc1ccccc1F.